The van der Waals surface area contributed by atoms with Crippen LogP contribution in [0, 0.1) is 0 Å². The molecule has 0 saturated carbocycles. The normalized spacial score (nSPS) is 12.5. The molecule has 1 unspecified atom stereocenters. The third-order valence-corrected chi connectivity index (χ3v) is 4.01. The number of hydrogen-bond donors (Lipinski definition) is 2. The Kier molecular flexibility index (Phi) is 6.65. The van der Waals surface area contributed by atoms with Gasteiger partial charge in [-0.25, -0.2) is 4.68 Å². The van der Waals surface area contributed by atoms with Gasteiger partial charge in [0.05, 0.1) is 12.6 Å². The highest BCUT2D eigenvalue weighted by atomic mass is 32.2. The molecule has 0 bridgehead atoms. The average Bonchev–Trinajstić information content (AvgIpc) is 2.97. The summed E-state index contributed by atoms with van der Waals surface area (Å²) in [6.45, 7) is 4.71. The lowest BCUT2D eigenvalue weighted by atomic mass is 10.1. The molecule has 1 atom stereocenters. The topological polar surface area (TPSA) is 75.9 Å². The number of nitrogens with one attached hydrogen (secondary N) is 1. The molecule has 0 spiro atoms. The van der Waals surface area contributed by atoms with Gasteiger partial charge in [-0.15, -0.1) is 5.10 Å². The Labute approximate surface area is 128 Å². The molecule has 0 aliphatic carbocycles. The Balaban J connectivity index is 1.82. The first kappa shape index (κ1) is 15.9. The van der Waals surface area contributed by atoms with Crippen LogP contribution >= 0.6 is 11.8 Å². The summed E-state index contributed by atoms with van der Waals surface area (Å²) in [5, 5.41) is 25.9. The van der Waals surface area contributed by atoms with E-state index in [2.05, 4.69) is 27.8 Å². The van der Waals surface area contributed by atoms with Crippen LogP contribution < -0.4 is 5.32 Å². The highest BCUT2D eigenvalue weighted by Gasteiger charge is 2.11. The van der Waals surface area contributed by atoms with Gasteiger partial charge < -0.3 is 10.4 Å². The van der Waals surface area contributed by atoms with Crippen molar-refractivity contribution < 1.29 is 5.11 Å². The fraction of sp³-hybridized carbons (Fsp3) is 0.500. The molecule has 6 nitrogen and oxygen atoms in total. The molecule has 2 aromatic rings. The van der Waals surface area contributed by atoms with Gasteiger partial charge in [0.25, 0.3) is 0 Å². The van der Waals surface area contributed by atoms with Crippen molar-refractivity contribution in [2.45, 2.75) is 31.1 Å². The van der Waals surface area contributed by atoms with Crippen LogP contribution in [0.5, 0.6) is 0 Å². The molecule has 2 N–H and O–H groups in total. The zero-order chi connectivity index (χ0) is 14.9. The molecule has 2 rings (SSSR count). The van der Waals surface area contributed by atoms with Crippen LogP contribution in [0.4, 0.5) is 0 Å². The van der Waals surface area contributed by atoms with Gasteiger partial charge in [-0.2, -0.15) is 0 Å². The lowest BCUT2D eigenvalue weighted by Gasteiger charge is -2.10. The second-order valence-electron chi connectivity index (χ2n) is 4.67. The summed E-state index contributed by atoms with van der Waals surface area (Å²) in [5.74, 6) is 0.534. The smallest absolute Gasteiger partial charge is 0.209 e. The van der Waals surface area contributed by atoms with Crippen molar-refractivity contribution in [2.24, 2.45) is 0 Å². The number of benzene rings is 1. The van der Waals surface area contributed by atoms with Crippen molar-refractivity contribution in [3.8, 4) is 0 Å². The summed E-state index contributed by atoms with van der Waals surface area (Å²) in [4.78, 5) is 0. The van der Waals surface area contributed by atoms with Gasteiger partial charge in [-0.05, 0) is 29.0 Å². The Morgan fingerprint density at radius 2 is 2.10 bits per heavy atom. The van der Waals surface area contributed by atoms with Gasteiger partial charge >= 0.3 is 0 Å². The zero-order valence-corrected chi connectivity index (χ0v) is 13.0. The molecule has 1 aromatic carbocycles. The Bertz CT molecular complexity index is 519. The van der Waals surface area contributed by atoms with E-state index in [0.29, 0.717) is 5.75 Å². The summed E-state index contributed by atoms with van der Waals surface area (Å²) in [6, 6.07) is 9.62. The maximum Gasteiger partial charge on any atom is 0.209 e. The summed E-state index contributed by atoms with van der Waals surface area (Å²) >= 11 is 1.47. The number of rotatable bonds is 9. The maximum absolute atomic E-state index is 10.1. The van der Waals surface area contributed by atoms with Crippen LogP contribution in [0.1, 0.15) is 25.0 Å². The monoisotopic (exact) mass is 307 g/mol. The summed E-state index contributed by atoms with van der Waals surface area (Å²) in [6.07, 6.45) is 0.597. The van der Waals surface area contributed by atoms with Crippen LogP contribution in [-0.4, -0.2) is 44.2 Å². The molecule has 21 heavy (non-hydrogen) atoms. The predicted octanol–water partition coefficient (Wildman–Crippen LogP) is 1.50. The van der Waals surface area contributed by atoms with Crippen LogP contribution in [0.15, 0.2) is 35.5 Å². The molecule has 7 heteroatoms. The first-order valence-corrected chi connectivity index (χ1v) is 8.12. The van der Waals surface area contributed by atoms with Crippen molar-refractivity contribution in [3.05, 3.63) is 35.9 Å². The fourth-order valence-corrected chi connectivity index (χ4v) is 2.72. The van der Waals surface area contributed by atoms with E-state index < -0.39 is 6.10 Å². The first-order chi connectivity index (χ1) is 10.3. The van der Waals surface area contributed by atoms with E-state index in [-0.39, 0.29) is 0 Å². The molecular formula is C14H21N5OS. The van der Waals surface area contributed by atoms with Gasteiger partial charge in [0.1, 0.15) is 0 Å². The third-order valence-electron chi connectivity index (χ3n) is 2.98. The van der Waals surface area contributed by atoms with E-state index in [0.717, 1.165) is 36.8 Å². The predicted molar refractivity (Wildman–Crippen MR) is 83.1 cm³/mol. The Morgan fingerprint density at radius 1 is 1.29 bits per heavy atom. The molecule has 0 saturated heterocycles. The van der Waals surface area contributed by atoms with Gasteiger partial charge in [0.15, 0.2) is 0 Å². The van der Waals surface area contributed by atoms with Crippen LogP contribution in [0.25, 0.3) is 0 Å². The van der Waals surface area contributed by atoms with Crippen molar-refractivity contribution in [2.75, 3.05) is 18.8 Å². The number of thioether (sulfide) groups is 1. The number of aliphatic hydroxyl groups excluding tert-OH is 1. The molecule has 1 aromatic heterocycles. The number of tetrazole rings is 1. The molecule has 1 heterocycles. The molecule has 0 aliphatic rings. The van der Waals surface area contributed by atoms with E-state index in [1.165, 1.54) is 11.8 Å². The molecule has 114 valence electrons. The number of aromatic nitrogens is 4. The lowest BCUT2D eigenvalue weighted by Crippen LogP contribution is -2.21. The minimum atomic E-state index is -0.514. The van der Waals surface area contributed by atoms with Crippen molar-refractivity contribution in [1.29, 1.82) is 0 Å². The zero-order valence-electron chi connectivity index (χ0n) is 12.1. The highest BCUT2D eigenvalue weighted by Crippen LogP contribution is 2.22. The third kappa shape index (κ3) is 5.11. The Morgan fingerprint density at radius 3 is 2.86 bits per heavy atom. The van der Waals surface area contributed by atoms with E-state index in [1.807, 2.05) is 30.3 Å². The molecular weight excluding hydrogens is 286 g/mol. The van der Waals surface area contributed by atoms with Gasteiger partial charge in [-0.1, -0.05) is 49.0 Å². The summed E-state index contributed by atoms with van der Waals surface area (Å²) in [7, 11) is 0. The molecule has 0 aliphatic heterocycles. The Hall–Kier alpha value is -1.44. The minimum Gasteiger partial charge on any atom is -0.388 e. The van der Waals surface area contributed by atoms with Crippen molar-refractivity contribution >= 4 is 11.8 Å². The minimum absolute atomic E-state index is 0.514. The van der Waals surface area contributed by atoms with Crippen LogP contribution in [0.2, 0.25) is 0 Å². The molecule has 0 radical (unpaired) electrons. The summed E-state index contributed by atoms with van der Waals surface area (Å²) < 4.78 is 1.77. The number of hydrogen-bond acceptors (Lipinski definition) is 6. The van der Waals surface area contributed by atoms with Crippen molar-refractivity contribution in [1.82, 2.24) is 25.5 Å². The highest BCUT2D eigenvalue weighted by molar-refractivity contribution is 7.99. The van der Waals surface area contributed by atoms with E-state index in [9.17, 15) is 5.11 Å². The molecule has 0 fully saturated rings. The number of nitrogens with zero attached hydrogens (tertiary/aromatic N) is 4. The summed E-state index contributed by atoms with van der Waals surface area (Å²) in [5.41, 5.74) is 0.911. The van der Waals surface area contributed by atoms with E-state index >= 15 is 0 Å². The van der Waals surface area contributed by atoms with E-state index in [1.54, 1.807) is 4.68 Å². The van der Waals surface area contributed by atoms with E-state index in [4.69, 9.17) is 0 Å². The second kappa shape index (κ2) is 8.76. The van der Waals surface area contributed by atoms with Gasteiger partial charge in [0.2, 0.25) is 5.16 Å². The second-order valence-corrected chi connectivity index (χ2v) is 5.66. The van der Waals surface area contributed by atoms with Crippen LogP contribution in [0.3, 0.4) is 0 Å². The van der Waals surface area contributed by atoms with Crippen molar-refractivity contribution in [3.63, 3.8) is 0 Å². The fourth-order valence-electron chi connectivity index (χ4n) is 1.85. The lowest BCUT2D eigenvalue weighted by molar-refractivity contribution is 0.204. The van der Waals surface area contributed by atoms with Crippen LogP contribution in [-0.2, 0) is 6.54 Å². The SMILES string of the molecule is CCCNCCn1nnnc1SCC(O)c1ccccc1. The first-order valence-electron chi connectivity index (χ1n) is 7.14. The average molecular weight is 307 g/mol. The maximum atomic E-state index is 10.1. The quantitative estimate of drug-likeness (QED) is 0.540. The van der Waals surface area contributed by atoms with Gasteiger partial charge in [0, 0.05) is 12.3 Å². The van der Waals surface area contributed by atoms with Gasteiger partial charge in [-0.3, -0.25) is 0 Å². The largest absolute Gasteiger partial charge is 0.388 e. The number of aliphatic hydroxyl groups is 1. The standard InChI is InChI=1S/C14H21N5OS/c1-2-8-15-9-10-19-14(16-17-18-19)21-11-13(20)12-6-4-3-5-7-12/h3-7,13,15,20H,2,8-11H2,1H3. The molecule has 0 amide bonds.